The van der Waals surface area contributed by atoms with Crippen LogP contribution in [0.25, 0.3) is 0 Å². The zero-order chi connectivity index (χ0) is 14.0. The maximum atomic E-state index is 11.6. The van der Waals surface area contributed by atoms with E-state index < -0.39 is 42.1 Å². The Labute approximate surface area is 116 Å². The molecule has 1 rings (SSSR count). The molecule has 96 valence electrons. The molecule has 1 aromatic carbocycles. The van der Waals surface area contributed by atoms with Crippen molar-refractivity contribution < 1.29 is 19.7 Å². The number of halogens is 2. The molecule has 0 saturated carbocycles. The van der Waals surface area contributed by atoms with Crippen molar-refractivity contribution in [3.8, 4) is 5.75 Å². The molecule has 0 bridgehead atoms. The molecule has 0 spiro atoms. The number of benzene rings is 1. The van der Waals surface area contributed by atoms with Crippen LogP contribution in [-0.4, -0.2) is 24.5 Å². The summed E-state index contributed by atoms with van der Waals surface area (Å²) in [6.45, 7) is 0. The molecule has 0 fully saturated rings. The van der Waals surface area contributed by atoms with E-state index in [1.807, 2.05) is 0 Å². The van der Waals surface area contributed by atoms with Gasteiger partial charge in [0.05, 0.1) is 21.5 Å². The van der Waals surface area contributed by atoms with Crippen LogP contribution in [0, 0.1) is 20.2 Å². The van der Waals surface area contributed by atoms with Crippen LogP contribution in [-0.2, 0) is 0 Å². The summed E-state index contributed by atoms with van der Waals surface area (Å²) in [5, 5.41) is 30.8. The Kier molecular flexibility index (Phi) is 4.35. The first-order valence-electron chi connectivity index (χ1n) is 4.24. The molecule has 1 aromatic rings. The van der Waals surface area contributed by atoms with Gasteiger partial charge in [0.15, 0.2) is 5.78 Å². The smallest absolute Gasteiger partial charge is 0.318 e. The van der Waals surface area contributed by atoms with E-state index in [2.05, 4.69) is 31.9 Å². The average molecular weight is 384 g/mol. The maximum absolute atomic E-state index is 11.6. The lowest BCUT2D eigenvalue weighted by atomic mass is 10.1. The van der Waals surface area contributed by atoms with Crippen molar-refractivity contribution in [3.63, 3.8) is 0 Å². The molecular weight excluding hydrogens is 380 g/mol. The molecule has 0 aliphatic heterocycles. The molecule has 0 aromatic heterocycles. The Bertz CT molecular complexity index is 545. The molecule has 8 nitrogen and oxygen atoms in total. The third-order valence-corrected chi connectivity index (χ3v) is 2.78. The highest BCUT2D eigenvalue weighted by Gasteiger charge is 2.28. The van der Waals surface area contributed by atoms with Gasteiger partial charge in [0.25, 0.3) is 5.69 Å². The predicted molar refractivity (Wildman–Crippen MR) is 67.4 cm³/mol. The van der Waals surface area contributed by atoms with E-state index in [0.717, 1.165) is 6.07 Å². The van der Waals surface area contributed by atoms with E-state index in [1.165, 1.54) is 0 Å². The number of phenolic OH excluding ortho intramolecular Hbond substituents is 1. The number of carbonyl (C=O) groups excluding carboxylic acids is 1. The van der Waals surface area contributed by atoms with E-state index in [-0.39, 0.29) is 0 Å². The maximum Gasteiger partial charge on any atom is 0.318 e. The number of Topliss-reactive ketones (excluding diaryl/α,β-unsaturated/α-hetero) is 1. The SMILES string of the molecule is O=C(c1cc([N+](=O)[O-])cc([N+](=O)[O-])c1O)C(Br)Br. The molecule has 0 amide bonds. The number of carbonyl (C=O) groups is 1. The molecule has 0 radical (unpaired) electrons. The number of hydrogen-bond acceptors (Lipinski definition) is 6. The van der Waals surface area contributed by atoms with E-state index >= 15 is 0 Å². The lowest BCUT2D eigenvalue weighted by Crippen LogP contribution is -2.09. The number of non-ortho nitro benzene ring substituents is 1. The Morgan fingerprint density at radius 2 is 1.78 bits per heavy atom. The highest BCUT2D eigenvalue weighted by molar-refractivity contribution is 9.25. The van der Waals surface area contributed by atoms with Gasteiger partial charge in [-0.3, -0.25) is 25.0 Å². The number of alkyl halides is 2. The summed E-state index contributed by atoms with van der Waals surface area (Å²) in [6.07, 6.45) is 0. The Hall–Kier alpha value is -1.55. The summed E-state index contributed by atoms with van der Waals surface area (Å²) in [4.78, 5) is 31.0. The molecular formula is C8H4Br2N2O6. The summed E-state index contributed by atoms with van der Waals surface area (Å²) in [6, 6.07) is 1.36. The second kappa shape index (κ2) is 5.40. The number of ketones is 1. The average Bonchev–Trinajstić information content (AvgIpc) is 2.27. The first-order valence-corrected chi connectivity index (χ1v) is 6.07. The largest absolute Gasteiger partial charge is 0.502 e. The van der Waals surface area contributed by atoms with Crippen molar-refractivity contribution in [1.29, 1.82) is 0 Å². The topological polar surface area (TPSA) is 124 Å². The molecule has 0 unspecified atom stereocenters. The molecule has 0 aliphatic rings. The number of hydrogen-bond donors (Lipinski definition) is 1. The van der Waals surface area contributed by atoms with Crippen LogP contribution in [0.2, 0.25) is 0 Å². The van der Waals surface area contributed by atoms with Gasteiger partial charge in [-0.25, -0.2) is 0 Å². The van der Waals surface area contributed by atoms with Gasteiger partial charge in [-0.15, -0.1) is 0 Å². The van der Waals surface area contributed by atoms with Crippen LogP contribution in [0.4, 0.5) is 11.4 Å². The van der Waals surface area contributed by atoms with Gasteiger partial charge < -0.3 is 5.11 Å². The molecule has 10 heteroatoms. The van der Waals surface area contributed by atoms with E-state index in [1.54, 1.807) is 0 Å². The van der Waals surface area contributed by atoms with Crippen LogP contribution >= 0.6 is 31.9 Å². The molecule has 1 N–H and O–H groups in total. The van der Waals surface area contributed by atoms with Crippen molar-refractivity contribution in [3.05, 3.63) is 37.9 Å². The normalized spacial score (nSPS) is 10.4. The first-order chi connectivity index (χ1) is 8.25. The highest BCUT2D eigenvalue weighted by Crippen LogP contribution is 2.36. The number of nitrogens with zero attached hydrogens (tertiary/aromatic N) is 2. The lowest BCUT2D eigenvalue weighted by molar-refractivity contribution is -0.394. The van der Waals surface area contributed by atoms with Crippen LogP contribution in [0.1, 0.15) is 10.4 Å². The van der Waals surface area contributed by atoms with Crippen molar-refractivity contribution in [2.24, 2.45) is 0 Å². The van der Waals surface area contributed by atoms with Gasteiger partial charge in [-0.1, -0.05) is 31.9 Å². The minimum atomic E-state index is -1.00. The third kappa shape index (κ3) is 2.82. The zero-order valence-corrected chi connectivity index (χ0v) is 11.5. The van der Waals surface area contributed by atoms with Gasteiger partial charge in [0.2, 0.25) is 5.75 Å². The minimum Gasteiger partial charge on any atom is -0.502 e. The second-order valence-electron chi connectivity index (χ2n) is 3.04. The molecule has 0 atom stereocenters. The van der Waals surface area contributed by atoms with E-state index in [9.17, 15) is 30.1 Å². The fourth-order valence-corrected chi connectivity index (χ4v) is 1.65. The van der Waals surface area contributed by atoms with Crippen LogP contribution in [0.5, 0.6) is 5.75 Å². The standard InChI is InChI=1S/C8H4Br2N2O6/c9-8(10)7(14)4-1-3(11(15)16)2-5(6(4)13)12(17)18/h1-2,8,13H. The second-order valence-corrected chi connectivity index (χ2v) is 6.10. The van der Waals surface area contributed by atoms with Crippen molar-refractivity contribution in [2.75, 3.05) is 0 Å². The van der Waals surface area contributed by atoms with Gasteiger partial charge in [-0.05, 0) is 0 Å². The third-order valence-electron chi connectivity index (χ3n) is 1.95. The summed E-state index contributed by atoms with van der Waals surface area (Å²) in [5.74, 6) is -1.67. The number of aromatic hydroxyl groups is 1. The monoisotopic (exact) mass is 382 g/mol. The Morgan fingerprint density at radius 1 is 1.22 bits per heavy atom. The summed E-state index contributed by atoms with van der Waals surface area (Å²) in [5.41, 5.74) is -2.05. The van der Waals surface area contributed by atoms with Gasteiger partial charge in [0, 0.05) is 6.07 Å². The molecule has 0 heterocycles. The number of nitro benzene ring substituents is 2. The molecule has 18 heavy (non-hydrogen) atoms. The van der Waals surface area contributed by atoms with Gasteiger partial charge in [0.1, 0.15) is 3.74 Å². The Balaban J connectivity index is 3.55. The zero-order valence-electron chi connectivity index (χ0n) is 8.37. The van der Waals surface area contributed by atoms with Crippen LogP contribution in [0.3, 0.4) is 0 Å². The van der Waals surface area contributed by atoms with E-state index in [0.29, 0.717) is 6.07 Å². The highest BCUT2D eigenvalue weighted by atomic mass is 79.9. The van der Waals surface area contributed by atoms with Crippen LogP contribution < -0.4 is 0 Å². The Morgan fingerprint density at radius 3 is 2.17 bits per heavy atom. The number of phenols is 1. The van der Waals surface area contributed by atoms with Crippen molar-refractivity contribution in [1.82, 2.24) is 0 Å². The number of nitro groups is 2. The fourth-order valence-electron chi connectivity index (χ4n) is 1.15. The van der Waals surface area contributed by atoms with Gasteiger partial charge in [-0.2, -0.15) is 0 Å². The number of rotatable bonds is 4. The van der Waals surface area contributed by atoms with E-state index in [4.69, 9.17) is 0 Å². The molecule has 0 aliphatic carbocycles. The summed E-state index contributed by atoms with van der Waals surface area (Å²) < 4.78 is -0.919. The lowest BCUT2D eigenvalue weighted by Gasteiger charge is -2.05. The molecule has 0 saturated heterocycles. The van der Waals surface area contributed by atoms with Gasteiger partial charge >= 0.3 is 5.69 Å². The summed E-state index contributed by atoms with van der Waals surface area (Å²) in [7, 11) is 0. The van der Waals surface area contributed by atoms with Crippen molar-refractivity contribution in [2.45, 2.75) is 3.74 Å². The fraction of sp³-hybridized carbons (Fsp3) is 0.125. The quantitative estimate of drug-likeness (QED) is 0.368. The predicted octanol–water partition coefficient (Wildman–Crippen LogP) is 2.51. The van der Waals surface area contributed by atoms with Crippen LogP contribution in [0.15, 0.2) is 12.1 Å². The minimum absolute atomic E-state index is 0.505. The van der Waals surface area contributed by atoms with Crippen molar-refractivity contribution >= 4 is 49.0 Å². The summed E-state index contributed by atoms with van der Waals surface area (Å²) >= 11 is 5.70. The first kappa shape index (κ1) is 14.5.